The smallest absolute Gasteiger partial charge is 0.408 e. The summed E-state index contributed by atoms with van der Waals surface area (Å²) in [5.74, 6) is -1.42. The van der Waals surface area contributed by atoms with Gasteiger partial charge in [-0.05, 0) is 52.4 Å². The Morgan fingerprint density at radius 1 is 1.09 bits per heavy atom. The number of nitrogens with one attached hydrogen (secondary N) is 1. The Morgan fingerprint density at radius 2 is 1.59 bits per heavy atom. The van der Waals surface area contributed by atoms with Crippen LogP contribution in [-0.2, 0) is 14.3 Å². The van der Waals surface area contributed by atoms with Crippen molar-refractivity contribution in [2.45, 2.75) is 64.5 Å². The molecule has 1 saturated carbocycles. The largest absolute Gasteiger partial charge is 0.467 e. The number of hydrogen-bond donors (Lipinski definition) is 1. The Hall–Kier alpha value is -1.40. The molecule has 1 rings (SSSR count). The van der Waals surface area contributed by atoms with Crippen molar-refractivity contribution in [3.63, 3.8) is 0 Å². The number of hydrogen-bond acceptors (Lipinski definition) is 4. The molecule has 1 N–H and O–H groups in total. The van der Waals surface area contributed by atoms with Crippen molar-refractivity contribution >= 4 is 12.1 Å². The summed E-state index contributed by atoms with van der Waals surface area (Å²) in [6, 6.07) is -0.863. The molecule has 0 aromatic carbocycles. The van der Waals surface area contributed by atoms with Crippen LogP contribution in [0.4, 0.5) is 13.6 Å². The molecule has 7 heteroatoms. The van der Waals surface area contributed by atoms with Crippen LogP contribution < -0.4 is 5.32 Å². The van der Waals surface area contributed by atoms with Crippen molar-refractivity contribution in [2.24, 2.45) is 11.8 Å². The average molecular weight is 321 g/mol. The first-order chi connectivity index (χ1) is 10.1. The minimum atomic E-state index is -2.34. The van der Waals surface area contributed by atoms with Gasteiger partial charge in [0.15, 0.2) is 0 Å². The van der Waals surface area contributed by atoms with Crippen molar-refractivity contribution in [1.29, 1.82) is 0 Å². The second-order valence-electron chi connectivity index (χ2n) is 6.66. The number of halogens is 2. The van der Waals surface area contributed by atoms with E-state index in [1.807, 2.05) is 0 Å². The molecule has 0 unspecified atom stereocenters. The summed E-state index contributed by atoms with van der Waals surface area (Å²) in [5.41, 5.74) is -0.682. The van der Waals surface area contributed by atoms with Gasteiger partial charge in [-0.1, -0.05) is 0 Å². The van der Waals surface area contributed by atoms with Crippen molar-refractivity contribution < 1.29 is 27.8 Å². The van der Waals surface area contributed by atoms with E-state index >= 15 is 0 Å². The van der Waals surface area contributed by atoms with Crippen LogP contribution in [0.3, 0.4) is 0 Å². The van der Waals surface area contributed by atoms with E-state index in [4.69, 9.17) is 9.47 Å². The van der Waals surface area contributed by atoms with Gasteiger partial charge in [0.05, 0.1) is 7.11 Å². The third-order valence-electron chi connectivity index (χ3n) is 3.77. The number of ether oxygens (including phenoxy) is 2. The zero-order chi connectivity index (χ0) is 16.9. The molecule has 0 bridgehead atoms. The van der Waals surface area contributed by atoms with E-state index in [2.05, 4.69) is 5.32 Å². The number of alkyl carbamates (subject to hydrolysis) is 1. The molecule has 1 atom stereocenters. The first-order valence-corrected chi connectivity index (χ1v) is 7.49. The number of esters is 1. The third-order valence-corrected chi connectivity index (χ3v) is 3.77. The van der Waals surface area contributed by atoms with E-state index in [-0.39, 0.29) is 5.92 Å². The highest BCUT2D eigenvalue weighted by Crippen LogP contribution is 2.34. The summed E-state index contributed by atoms with van der Waals surface area (Å²) in [6.07, 6.45) is -1.47. The topological polar surface area (TPSA) is 64.6 Å². The summed E-state index contributed by atoms with van der Waals surface area (Å²) < 4.78 is 35.2. The van der Waals surface area contributed by atoms with Gasteiger partial charge in [-0.2, -0.15) is 0 Å². The molecule has 1 aliphatic rings. The minimum Gasteiger partial charge on any atom is -0.467 e. The summed E-state index contributed by atoms with van der Waals surface area (Å²) in [7, 11) is 1.23. The van der Waals surface area contributed by atoms with Crippen LogP contribution in [-0.4, -0.2) is 37.2 Å². The van der Waals surface area contributed by atoms with Crippen LogP contribution in [0.1, 0.15) is 46.5 Å². The lowest BCUT2D eigenvalue weighted by Gasteiger charge is -2.33. The standard InChI is InChI=1S/C15H25F2NO4/c1-15(2,3)22-14(20)18-11(13(19)21-4)9-5-7-10(8-6-9)12(16)17/h9-12H,5-8H2,1-4H3,(H,18,20)/t9?,10?,11-/m0/s1. The quantitative estimate of drug-likeness (QED) is 0.808. The average Bonchev–Trinajstić information content (AvgIpc) is 2.42. The van der Waals surface area contributed by atoms with Gasteiger partial charge in [0, 0.05) is 5.92 Å². The monoisotopic (exact) mass is 321 g/mol. The van der Waals surface area contributed by atoms with Gasteiger partial charge in [0.25, 0.3) is 0 Å². The van der Waals surface area contributed by atoms with Gasteiger partial charge < -0.3 is 14.8 Å². The van der Waals surface area contributed by atoms with Gasteiger partial charge in [0.1, 0.15) is 11.6 Å². The van der Waals surface area contributed by atoms with E-state index in [1.165, 1.54) is 7.11 Å². The third kappa shape index (κ3) is 5.77. The molecule has 128 valence electrons. The summed E-state index contributed by atoms with van der Waals surface area (Å²) in [5, 5.41) is 2.51. The number of alkyl halides is 2. The molecule has 1 fully saturated rings. The van der Waals surface area contributed by atoms with Crippen molar-refractivity contribution in [1.82, 2.24) is 5.32 Å². The van der Waals surface area contributed by atoms with Crippen molar-refractivity contribution in [3.8, 4) is 0 Å². The second-order valence-corrected chi connectivity index (χ2v) is 6.66. The maximum atomic E-state index is 12.7. The Kier molecular flexibility index (Phi) is 6.56. The van der Waals surface area contributed by atoms with Gasteiger partial charge in [0.2, 0.25) is 6.43 Å². The van der Waals surface area contributed by atoms with Gasteiger partial charge >= 0.3 is 12.1 Å². The molecule has 0 aliphatic heterocycles. The fourth-order valence-electron chi connectivity index (χ4n) is 2.66. The molecule has 0 aromatic rings. The predicted molar refractivity (Wildman–Crippen MR) is 76.6 cm³/mol. The van der Waals surface area contributed by atoms with Gasteiger partial charge in [-0.25, -0.2) is 18.4 Å². The number of amides is 1. The normalized spacial score (nSPS) is 23.8. The van der Waals surface area contributed by atoms with E-state index in [1.54, 1.807) is 20.8 Å². The van der Waals surface area contributed by atoms with Crippen LogP contribution >= 0.6 is 0 Å². The fourth-order valence-corrected chi connectivity index (χ4v) is 2.66. The van der Waals surface area contributed by atoms with Crippen LogP contribution in [0.2, 0.25) is 0 Å². The predicted octanol–water partition coefficient (Wildman–Crippen LogP) is 3.12. The van der Waals surface area contributed by atoms with Crippen LogP contribution in [0.15, 0.2) is 0 Å². The molecule has 1 aliphatic carbocycles. The Bertz CT molecular complexity index is 387. The number of methoxy groups -OCH3 is 1. The number of carbonyl (C=O) groups excluding carboxylic acids is 2. The van der Waals surface area contributed by atoms with Crippen LogP contribution in [0.5, 0.6) is 0 Å². The Morgan fingerprint density at radius 3 is 2.00 bits per heavy atom. The highest BCUT2D eigenvalue weighted by Gasteiger charge is 2.36. The van der Waals surface area contributed by atoms with Crippen molar-refractivity contribution in [2.75, 3.05) is 7.11 Å². The zero-order valence-corrected chi connectivity index (χ0v) is 13.5. The molecule has 22 heavy (non-hydrogen) atoms. The van der Waals surface area contributed by atoms with Crippen molar-refractivity contribution in [3.05, 3.63) is 0 Å². The SMILES string of the molecule is COC(=O)[C@@H](NC(=O)OC(C)(C)C)C1CCC(C(F)F)CC1. The molecule has 5 nitrogen and oxygen atoms in total. The van der Waals surface area contributed by atoms with Crippen LogP contribution in [0, 0.1) is 11.8 Å². The van der Waals surface area contributed by atoms with Gasteiger partial charge in [-0.15, -0.1) is 0 Å². The maximum absolute atomic E-state index is 12.7. The highest BCUT2D eigenvalue weighted by molar-refractivity contribution is 5.81. The molecular weight excluding hydrogens is 296 g/mol. The lowest BCUT2D eigenvalue weighted by atomic mass is 9.78. The van der Waals surface area contributed by atoms with Crippen LogP contribution in [0.25, 0.3) is 0 Å². The first-order valence-electron chi connectivity index (χ1n) is 7.49. The number of rotatable bonds is 4. The van der Waals surface area contributed by atoms with E-state index in [0.717, 1.165) is 0 Å². The lowest BCUT2D eigenvalue weighted by molar-refractivity contribution is -0.145. The van der Waals surface area contributed by atoms with E-state index < -0.39 is 36.0 Å². The molecule has 0 spiro atoms. The summed E-state index contributed by atoms with van der Waals surface area (Å²) >= 11 is 0. The zero-order valence-electron chi connectivity index (χ0n) is 13.5. The number of carbonyl (C=O) groups is 2. The molecular formula is C15H25F2NO4. The molecule has 0 radical (unpaired) electrons. The fraction of sp³-hybridized carbons (Fsp3) is 0.867. The molecule has 0 aromatic heterocycles. The van der Waals surface area contributed by atoms with Gasteiger partial charge in [-0.3, -0.25) is 0 Å². The summed E-state index contributed by atoms with van der Waals surface area (Å²) in [4.78, 5) is 23.7. The first kappa shape index (κ1) is 18.6. The van der Waals surface area contributed by atoms with E-state index in [0.29, 0.717) is 25.7 Å². The maximum Gasteiger partial charge on any atom is 0.408 e. The molecule has 1 amide bonds. The second kappa shape index (κ2) is 7.74. The molecule has 0 heterocycles. The Balaban J connectivity index is 2.66. The minimum absolute atomic E-state index is 0.213. The highest BCUT2D eigenvalue weighted by atomic mass is 19.3. The lowest BCUT2D eigenvalue weighted by Crippen LogP contribution is -2.49. The molecule has 0 saturated heterocycles. The Labute approximate surface area is 129 Å². The van der Waals surface area contributed by atoms with E-state index in [9.17, 15) is 18.4 Å². The summed E-state index contributed by atoms with van der Waals surface area (Å²) in [6.45, 7) is 5.15.